The van der Waals surface area contributed by atoms with Crippen molar-refractivity contribution in [3.8, 4) is 17.2 Å². The molecule has 0 spiro atoms. The van der Waals surface area contributed by atoms with E-state index in [4.69, 9.17) is 5.73 Å². The van der Waals surface area contributed by atoms with Crippen molar-refractivity contribution in [2.45, 2.75) is 6.92 Å². The maximum atomic E-state index is 9.57. The lowest BCUT2D eigenvalue weighted by Gasteiger charge is -2.16. The van der Waals surface area contributed by atoms with Gasteiger partial charge in [-0.25, -0.2) is 0 Å². The summed E-state index contributed by atoms with van der Waals surface area (Å²) in [5, 5.41) is 14.2. The Balaban J connectivity index is 1.87. The summed E-state index contributed by atoms with van der Waals surface area (Å²) in [6.07, 6.45) is 5.25. The summed E-state index contributed by atoms with van der Waals surface area (Å²) >= 11 is 0. The third-order valence-corrected chi connectivity index (χ3v) is 4.53. The molecule has 5 nitrogen and oxygen atoms in total. The quantitative estimate of drug-likeness (QED) is 0.470. The standard InChI is InChI=1S/C21H17N5/c1-13-17-7-8-25-20(17)6-5-19(13)26-21-15(10-22)11-24-12-18(21)14-3-2-4-16(23)9-14/h2-9,11-12,25H,23H2,1H3,(H,24,26). The molecule has 5 heteroatoms. The van der Waals surface area contributed by atoms with Crippen LogP contribution in [0.1, 0.15) is 11.1 Å². The van der Waals surface area contributed by atoms with Gasteiger partial charge in [0.2, 0.25) is 0 Å². The Bertz CT molecular complexity index is 1150. The number of benzene rings is 2. The minimum Gasteiger partial charge on any atom is -0.399 e. The summed E-state index contributed by atoms with van der Waals surface area (Å²) in [7, 11) is 0. The lowest BCUT2D eigenvalue weighted by molar-refractivity contribution is 1.29. The molecular formula is C21H17N5. The van der Waals surface area contributed by atoms with Crippen LogP contribution >= 0.6 is 0 Å². The molecule has 26 heavy (non-hydrogen) atoms. The van der Waals surface area contributed by atoms with Gasteiger partial charge in [0, 0.05) is 46.4 Å². The molecule has 2 aromatic carbocycles. The molecular weight excluding hydrogens is 322 g/mol. The molecule has 4 N–H and O–H groups in total. The van der Waals surface area contributed by atoms with Gasteiger partial charge in [-0.15, -0.1) is 0 Å². The first-order valence-electron chi connectivity index (χ1n) is 8.25. The minimum atomic E-state index is 0.485. The number of fused-ring (bicyclic) bond motifs is 1. The molecule has 0 unspecified atom stereocenters. The van der Waals surface area contributed by atoms with Crippen molar-refractivity contribution >= 4 is 28.0 Å². The molecule has 4 aromatic rings. The number of nitriles is 1. The Hall–Kier alpha value is -3.78. The van der Waals surface area contributed by atoms with Crippen molar-refractivity contribution < 1.29 is 0 Å². The fraction of sp³-hybridized carbons (Fsp3) is 0.0476. The van der Waals surface area contributed by atoms with Gasteiger partial charge < -0.3 is 16.0 Å². The van der Waals surface area contributed by atoms with Crippen LogP contribution in [0.4, 0.5) is 17.1 Å². The fourth-order valence-corrected chi connectivity index (χ4v) is 3.16. The summed E-state index contributed by atoms with van der Waals surface area (Å²) < 4.78 is 0. The van der Waals surface area contributed by atoms with Crippen molar-refractivity contribution in [2.24, 2.45) is 0 Å². The smallest absolute Gasteiger partial charge is 0.103 e. The molecule has 126 valence electrons. The van der Waals surface area contributed by atoms with Crippen molar-refractivity contribution in [3.63, 3.8) is 0 Å². The molecule has 0 radical (unpaired) electrons. The second kappa shape index (κ2) is 6.26. The number of rotatable bonds is 3. The number of aromatic amines is 1. The number of pyridine rings is 1. The van der Waals surface area contributed by atoms with Gasteiger partial charge in [0.05, 0.1) is 11.3 Å². The van der Waals surface area contributed by atoms with E-state index in [-0.39, 0.29) is 0 Å². The SMILES string of the molecule is Cc1c(Nc2c(C#N)cncc2-c2cccc(N)c2)ccc2[nH]ccc12. The van der Waals surface area contributed by atoms with E-state index in [1.54, 1.807) is 12.4 Å². The Labute approximate surface area is 151 Å². The number of nitrogens with zero attached hydrogens (tertiary/aromatic N) is 2. The van der Waals surface area contributed by atoms with Crippen molar-refractivity contribution in [1.82, 2.24) is 9.97 Å². The molecule has 0 aliphatic carbocycles. The van der Waals surface area contributed by atoms with E-state index >= 15 is 0 Å². The second-order valence-electron chi connectivity index (χ2n) is 6.15. The average molecular weight is 339 g/mol. The zero-order valence-corrected chi connectivity index (χ0v) is 14.2. The first kappa shape index (κ1) is 15.7. The van der Waals surface area contributed by atoms with E-state index < -0.39 is 0 Å². The van der Waals surface area contributed by atoms with Gasteiger partial charge in [0.1, 0.15) is 6.07 Å². The van der Waals surface area contributed by atoms with Crippen LogP contribution in [0.5, 0.6) is 0 Å². The zero-order valence-electron chi connectivity index (χ0n) is 14.2. The number of nitrogen functional groups attached to an aromatic ring is 1. The molecule has 0 saturated heterocycles. The molecule has 0 bridgehead atoms. The third kappa shape index (κ3) is 2.64. The van der Waals surface area contributed by atoms with Crippen LogP contribution in [-0.4, -0.2) is 9.97 Å². The van der Waals surface area contributed by atoms with Crippen molar-refractivity contribution in [2.75, 3.05) is 11.1 Å². The van der Waals surface area contributed by atoms with Crippen molar-refractivity contribution in [3.05, 3.63) is 72.2 Å². The molecule has 0 fully saturated rings. The van der Waals surface area contributed by atoms with Crippen LogP contribution in [0.2, 0.25) is 0 Å². The number of hydrogen-bond donors (Lipinski definition) is 3. The summed E-state index contributed by atoms with van der Waals surface area (Å²) in [6.45, 7) is 2.06. The average Bonchev–Trinajstić information content (AvgIpc) is 3.13. The van der Waals surface area contributed by atoms with Gasteiger partial charge in [-0.1, -0.05) is 12.1 Å². The fourth-order valence-electron chi connectivity index (χ4n) is 3.16. The third-order valence-electron chi connectivity index (χ3n) is 4.53. The van der Waals surface area contributed by atoms with E-state index in [9.17, 15) is 5.26 Å². The maximum absolute atomic E-state index is 9.57. The van der Waals surface area contributed by atoms with Crippen LogP contribution in [-0.2, 0) is 0 Å². The Morgan fingerprint density at radius 3 is 2.85 bits per heavy atom. The highest BCUT2D eigenvalue weighted by atomic mass is 14.9. The van der Waals surface area contributed by atoms with E-state index in [0.29, 0.717) is 11.3 Å². The van der Waals surface area contributed by atoms with Crippen LogP contribution in [0.3, 0.4) is 0 Å². The number of anilines is 3. The van der Waals surface area contributed by atoms with Crippen LogP contribution < -0.4 is 11.1 Å². The van der Waals surface area contributed by atoms with Crippen molar-refractivity contribution in [1.29, 1.82) is 5.26 Å². The molecule has 2 heterocycles. The van der Waals surface area contributed by atoms with Gasteiger partial charge >= 0.3 is 0 Å². The van der Waals surface area contributed by atoms with Crippen LogP contribution in [0, 0.1) is 18.3 Å². The van der Waals surface area contributed by atoms with Crippen LogP contribution in [0.25, 0.3) is 22.0 Å². The lowest BCUT2D eigenvalue weighted by Crippen LogP contribution is -2.00. The Morgan fingerprint density at radius 1 is 1.15 bits per heavy atom. The van der Waals surface area contributed by atoms with E-state index in [0.717, 1.165) is 39.0 Å². The molecule has 0 aliphatic rings. The summed E-state index contributed by atoms with van der Waals surface area (Å²) in [5.74, 6) is 0. The summed E-state index contributed by atoms with van der Waals surface area (Å²) in [4.78, 5) is 7.43. The Morgan fingerprint density at radius 2 is 2.04 bits per heavy atom. The zero-order chi connectivity index (χ0) is 18.1. The number of hydrogen-bond acceptors (Lipinski definition) is 4. The first-order chi connectivity index (χ1) is 12.7. The van der Waals surface area contributed by atoms with Crippen LogP contribution in [0.15, 0.2) is 61.1 Å². The van der Waals surface area contributed by atoms with E-state index in [2.05, 4.69) is 28.3 Å². The highest BCUT2D eigenvalue weighted by Crippen LogP contribution is 2.35. The predicted molar refractivity (Wildman–Crippen MR) is 105 cm³/mol. The van der Waals surface area contributed by atoms with Gasteiger partial charge in [-0.05, 0) is 48.4 Å². The molecule has 2 aromatic heterocycles. The molecule has 0 atom stereocenters. The molecule has 0 saturated carbocycles. The number of aromatic nitrogens is 2. The Kier molecular flexibility index (Phi) is 3.79. The summed E-state index contributed by atoms with van der Waals surface area (Å²) in [6, 6.07) is 15.9. The summed E-state index contributed by atoms with van der Waals surface area (Å²) in [5.41, 5.74) is 12.7. The number of nitrogens with two attached hydrogens (primary N) is 1. The molecule has 0 aliphatic heterocycles. The minimum absolute atomic E-state index is 0.485. The molecule has 4 rings (SSSR count). The highest BCUT2D eigenvalue weighted by molar-refractivity contribution is 5.91. The van der Waals surface area contributed by atoms with Gasteiger partial charge in [0.15, 0.2) is 0 Å². The highest BCUT2D eigenvalue weighted by Gasteiger charge is 2.13. The monoisotopic (exact) mass is 339 g/mol. The topological polar surface area (TPSA) is 90.5 Å². The van der Waals surface area contributed by atoms with E-state index in [1.165, 1.54) is 0 Å². The predicted octanol–water partition coefficient (Wildman–Crippen LogP) is 4.74. The number of H-pyrrole nitrogens is 1. The van der Waals surface area contributed by atoms with Gasteiger partial charge in [-0.2, -0.15) is 5.26 Å². The van der Waals surface area contributed by atoms with Gasteiger partial charge in [0.25, 0.3) is 0 Å². The first-order valence-corrected chi connectivity index (χ1v) is 8.25. The number of aryl methyl sites for hydroxylation is 1. The molecule has 0 amide bonds. The number of nitrogens with one attached hydrogen (secondary N) is 2. The normalized spacial score (nSPS) is 10.6. The van der Waals surface area contributed by atoms with Gasteiger partial charge in [-0.3, -0.25) is 4.98 Å². The lowest BCUT2D eigenvalue weighted by atomic mass is 10.0. The maximum Gasteiger partial charge on any atom is 0.103 e. The largest absolute Gasteiger partial charge is 0.399 e. The van der Waals surface area contributed by atoms with E-state index in [1.807, 2.05) is 48.7 Å². The second-order valence-corrected chi connectivity index (χ2v) is 6.15.